The van der Waals surface area contributed by atoms with Gasteiger partial charge in [-0.25, -0.2) is 4.79 Å². The van der Waals surface area contributed by atoms with Gasteiger partial charge < -0.3 is 25.2 Å². The molecule has 0 heterocycles. The van der Waals surface area contributed by atoms with Gasteiger partial charge in [0.25, 0.3) is 0 Å². The molecule has 0 aliphatic heterocycles. The van der Waals surface area contributed by atoms with Crippen LogP contribution in [-0.4, -0.2) is 44.7 Å². The molecule has 0 atom stereocenters. The number of phenols is 2. The molecule has 23 heavy (non-hydrogen) atoms. The second kappa shape index (κ2) is 7.48. The van der Waals surface area contributed by atoms with Crippen LogP contribution in [0.5, 0.6) is 11.5 Å². The summed E-state index contributed by atoms with van der Waals surface area (Å²) in [6.45, 7) is 0.108. The Morgan fingerprint density at radius 1 is 1.26 bits per heavy atom. The minimum atomic E-state index is -0.869. The number of aliphatic hydroxyl groups excluding tert-OH is 1. The highest BCUT2D eigenvalue weighted by Gasteiger charge is 2.32. The lowest BCUT2D eigenvalue weighted by atomic mass is 9.81. The molecule has 6 nitrogen and oxygen atoms in total. The zero-order valence-corrected chi connectivity index (χ0v) is 12.8. The highest BCUT2D eigenvalue weighted by atomic mass is 16.5. The number of aliphatic hydroxyl groups is 2. The second-order valence-electron chi connectivity index (χ2n) is 5.95. The molecule has 0 unspecified atom stereocenters. The van der Waals surface area contributed by atoms with Gasteiger partial charge in [-0.3, -0.25) is 0 Å². The van der Waals surface area contributed by atoms with E-state index < -0.39 is 11.6 Å². The maximum absolute atomic E-state index is 11.6. The van der Waals surface area contributed by atoms with Crippen molar-refractivity contribution in [2.75, 3.05) is 6.61 Å². The second-order valence-corrected chi connectivity index (χ2v) is 5.95. The van der Waals surface area contributed by atoms with Gasteiger partial charge in [0.2, 0.25) is 0 Å². The van der Waals surface area contributed by atoms with Gasteiger partial charge in [0.05, 0.1) is 18.3 Å². The summed E-state index contributed by atoms with van der Waals surface area (Å²) in [4.78, 5) is 11.6. The van der Waals surface area contributed by atoms with Crippen LogP contribution in [0, 0.1) is 0 Å². The molecule has 1 aliphatic carbocycles. The van der Waals surface area contributed by atoms with E-state index in [1.807, 2.05) is 0 Å². The molecule has 0 spiro atoms. The first-order chi connectivity index (χ1) is 10.9. The molecular formula is C17H22O6. The zero-order valence-electron chi connectivity index (χ0n) is 12.8. The quantitative estimate of drug-likeness (QED) is 0.373. The third-order valence-electron chi connectivity index (χ3n) is 4.11. The molecule has 0 saturated heterocycles. The Morgan fingerprint density at radius 2 is 1.96 bits per heavy atom. The van der Waals surface area contributed by atoms with Crippen LogP contribution < -0.4 is 0 Å². The van der Waals surface area contributed by atoms with Gasteiger partial charge in [0.15, 0.2) is 11.5 Å². The molecule has 4 N–H and O–H groups in total. The number of esters is 1. The number of carbonyl (C=O) groups excluding carboxylic acids is 1. The molecule has 1 saturated carbocycles. The lowest BCUT2D eigenvalue weighted by Crippen LogP contribution is -2.36. The van der Waals surface area contributed by atoms with Crippen molar-refractivity contribution in [2.45, 2.75) is 43.8 Å². The standard InChI is InChI=1S/C17H22O6/c18-13-5-7-17(22,8-6-13)9-10-23-16(21)4-2-12-1-3-14(19)15(20)11-12/h1-4,11,13,18-20,22H,5-10H2/b4-2+. The number of aromatic hydroxyl groups is 2. The van der Waals surface area contributed by atoms with E-state index in [0.717, 1.165) is 0 Å². The molecule has 2 rings (SSSR count). The molecule has 0 amide bonds. The van der Waals surface area contributed by atoms with Gasteiger partial charge in [-0.1, -0.05) is 6.07 Å². The van der Waals surface area contributed by atoms with Crippen LogP contribution in [0.2, 0.25) is 0 Å². The predicted molar refractivity (Wildman–Crippen MR) is 83.8 cm³/mol. The number of benzene rings is 1. The Labute approximate surface area is 134 Å². The molecule has 1 aromatic carbocycles. The van der Waals surface area contributed by atoms with E-state index in [1.165, 1.54) is 24.3 Å². The Hall–Kier alpha value is -2.05. The van der Waals surface area contributed by atoms with Gasteiger partial charge in [-0.2, -0.15) is 0 Å². The summed E-state index contributed by atoms with van der Waals surface area (Å²) in [5, 5.41) is 38.3. The first-order valence-electron chi connectivity index (χ1n) is 7.65. The minimum absolute atomic E-state index is 0.108. The third kappa shape index (κ3) is 5.26. The number of carbonyl (C=O) groups is 1. The SMILES string of the molecule is O=C(/C=C/c1ccc(O)c(O)c1)OCCC1(O)CCC(O)CC1. The molecule has 6 heteroatoms. The van der Waals surface area contributed by atoms with Gasteiger partial charge in [0.1, 0.15) is 0 Å². The van der Waals surface area contributed by atoms with Gasteiger partial charge in [-0.05, 0) is 49.5 Å². The molecular weight excluding hydrogens is 300 g/mol. The summed E-state index contributed by atoms with van der Waals surface area (Å²) in [6.07, 6.45) is 4.83. The van der Waals surface area contributed by atoms with E-state index in [2.05, 4.69) is 0 Å². The average molecular weight is 322 g/mol. The maximum Gasteiger partial charge on any atom is 0.330 e. The Balaban J connectivity index is 1.76. The Morgan fingerprint density at radius 3 is 2.61 bits per heavy atom. The highest BCUT2D eigenvalue weighted by Crippen LogP contribution is 2.31. The van der Waals surface area contributed by atoms with Crippen molar-refractivity contribution in [3.8, 4) is 11.5 Å². The van der Waals surface area contributed by atoms with Crippen molar-refractivity contribution in [1.82, 2.24) is 0 Å². The van der Waals surface area contributed by atoms with E-state index >= 15 is 0 Å². The Bertz CT molecular complexity index is 572. The lowest BCUT2D eigenvalue weighted by Gasteiger charge is -2.34. The van der Waals surface area contributed by atoms with E-state index in [9.17, 15) is 25.2 Å². The van der Waals surface area contributed by atoms with E-state index in [4.69, 9.17) is 4.74 Å². The van der Waals surface area contributed by atoms with E-state index in [0.29, 0.717) is 37.7 Å². The summed E-state index contributed by atoms with van der Waals surface area (Å²) in [5.41, 5.74) is -0.316. The van der Waals surface area contributed by atoms with Crippen LogP contribution in [0.25, 0.3) is 6.08 Å². The maximum atomic E-state index is 11.6. The fourth-order valence-electron chi connectivity index (χ4n) is 2.59. The zero-order chi connectivity index (χ0) is 16.9. The highest BCUT2D eigenvalue weighted by molar-refractivity contribution is 5.87. The van der Waals surface area contributed by atoms with E-state index in [1.54, 1.807) is 6.07 Å². The van der Waals surface area contributed by atoms with Crippen LogP contribution in [0.15, 0.2) is 24.3 Å². The number of ether oxygens (including phenoxy) is 1. The molecule has 0 aromatic heterocycles. The van der Waals surface area contributed by atoms with Gasteiger partial charge in [-0.15, -0.1) is 0 Å². The molecule has 1 aliphatic rings. The number of phenolic OH excluding ortho intramolecular Hbond substituents is 2. The largest absolute Gasteiger partial charge is 0.504 e. The molecule has 1 aromatic rings. The number of hydrogen-bond donors (Lipinski definition) is 4. The third-order valence-corrected chi connectivity index (χ3v) is 4.11. The summed E-state index contributed by atoms with van der Waals surface area (Å²) < 4.78 is 5.05. The normalized spacial score (nSPS) is 24.7. The van der Waals surface area contributed by atoms with Crippen LogP contribution in [-0.2, 0) is 9.53 Å². The summed E-state index contributed by atoms with van der Waals surface area (Å²) in [5.74, 6) is -1.03. The predicted octanol–water partition coefficient (Wildman–Crippen LogP) is 1.71. The van der Waals surface area contributed by atoms with Gasteiger partial charge >= 0.3 is 5.97 Å². The molecule has 0 bridgehead atoms. The van der Waals surface area contributed by atoms with Crippen molar-refractivity contribution in [3.05, 3.63) is 29.8 Å². The molecule has 126 valence electrons. The Kier molecular flexibility index (Phi) is 5.63. The first-order valence-corrected chi connectivity index (χ1v) is 7.65. The van der Waals surface area contributed by atoms with Crippen molar-refractivity contribution < 1.29 is 30.0 Å². The molecule has 0 radical (unpaired) electrons. The van der Waals surface area contributed by atoms with Crippen molar-refractivity contribution in [3.63, 3.8) is 0 Å². The average Bonchev–Trinajstić information content (AvgIpc) is 2.52. The summed E-state index contributed by atoms with van der Waals surface area (Å²) in [6, 6.07) is 4.21. The lowest BCUT2D eigenvalue weighted by molar-refractivity contribution is -0.140. The van der Waals surface area contributed by atoms with Crippen LogP contribution >= 0.6 is 0 Å². The monoisotopic (exact) mass is 322 g/mol. The van der Waals surface area contributed by atoms with Crippen molar-refractivity contribution in [1.29, 1.82) is 0 Å². The van der Waals surface area contributed by atoms with E-state index in [-0.39, 0.29) is 24.2 Å². The summed E-state index contributed by atoms with van der Waals surface area (Å²) in [7, 11) is 0. The van der Waals surface area contributed by atoms with Crippen LogP contribution in [0.4, 0.5) is 0 Å². The fraction of sp³-hybridized carbons (Fsp3) is 0.471. The smallest absolute Gasteiger partial charge is 0.330 e. The van der Waals surface area contributed by atoms with Crippen molar-refractivity contribution in [2.24, 2.45) is 0 Å². The van der Waals surface area contributed by atoms with Crippen LogP contribution in [0.3, 0.4) is 0 Å². The molecule has 1 fully saturated rings. The van der Waals surface area contributed by atoms with Gasteiger partial charge in [0, 0.05) is 12.5 Å². The first kappa shape index (κ1) is 17.3. The number of rotatable bonds is 5. The van der Waals surface area contributed by atoms with Crippen molar-refractivity contribution >= 4 is 12.0 Å². The number of hydrogen-bond acceptors (Lipinski definition) is 6. The fourth-order valence-corrected chi connectivity index (χ4v) is 2.59. The summed E-state index contributed by atoms with van der Waals surface area (Å²) >= 11 is 0. The van der Waals surface area contributed by atoms with Crippen LogP contribution in [0.1, 0.15) is 37.7 Å². The topological polar surface area (TPSA) is 107 Å². The minimum Gasteiger partial charge on any atom is -0.504 e.